The number of carboxylic acid groups (broad SMARTS) is 1. The highest BCUT2D eigenvalue weighted by molar-refractivity contribution is 5.81. The molecule has 2 heterocycles. The van der Waals surface area contributed by atoms with E-state index in [4.69, 9.17) is 5.11 Å². The molecule has 8 heteroatoms. The molecule has 19 heavy (non-hydrogen) atoms. The van der Waals surface area contributed by atoms with Crippen molar-refractivity contribution in [2.75, 3.05) is 6.54 Å². The number of nitrogens with one attached hydrogen (secondary N) is 2. The van der Waals surface area contributed by atoms with Crippen molar-refractivity contribution in [3.8, 4) is 0 Å². The maximum absolute atomic E-state index is 11.8. The zero-order chi connectivity index (χ0) is 13.7. The van der Waals surface area contributed by atoms with Crippen LogP contribution in [-0.2, 0) is 22.7 Å². The zero-order valence-corrected chi connectivity index (χ0v) is 10.5. The average molecular weight is 267 g/mol. The molecular formula is C11H17N5O3. The number of aliphatic carboxylic acids is 1. The molecule has 0 radical (unpaired) electrons. The summed E-state index contributed by atoms with van der Waals surface area (Å²) in [7, 11) is 0. The first kappa shape index (κ1) is 13.5. The molecule has 1 aliphatic rings. The van der Waals surface area contributed by atoms with E-state index in [1.54, 1.807) is 0 Å². The van der Waals surface area contributed by atoms with Crippen LogP contribution in [0.25, 0.3) is 0 Å². The summed E-state index contributed by atoms with van der Waals surface area (Å²) in [5.74, 6) is -1.03. The van der Waals surface area contributed by atoms with Gasteiger partial charge in [-0.1, -0.05) is 11.6 Å². The van der Waals surface area contributed by atoms with E-state index in [9.17, 15) is 9.59 Å². The van der Waals surface area contributed by atoms with Crippen molar-refractivity contribution < 1.29 is 14.7 Å². The topological polar surface area (TPSA) is 109 Å². The van der Waals surface area contributed by atoms with E-state index < -0.39 is 5.97 Å². The van der Waals surface area contributed by atoms with E-state index in [1.807, 2.05) is 0 Å². The Labute approximate surface area is 110 Å². The van der Waals surface area contributed by atoms with Crippen LogP contribution in [0.4, 0.5) is 0 Å². The van der Waals surface area contributed by atoms with Crippen molar-refractivity contribution in [1.29, 1.82) is 0 Å². The number of amides is 1. The van der Waals surface area contributed by atoms with E-state index in [1.165, 1.54) is 10.9 Å². The van der Waals surface area contributed by atoms with Gasteiger partial charge in [0.1, 0.15) is 12.2 Å². The van der Waals surface area contributed by atoms with Crippen molar-refractivity contribution in [2.45, 2.75) is 38.4 Å². The molecule has 2 rings (SSSR count). The van der Waals surface area contributed by atoms with Gasteiger partial charge in [0.25, 0.3) is 0 Å². The number of hydrogen-bond acceptors (Lipinski definition) is 5. The number of carbonyl (C=O) groups excluding carboxylic acids is 1. The lowest BCUT2D eigenvalue weighted by Gasteiger charge is -2.22. The lowest BCUT2D eigenvalue weighted by Crippen LogP contribution is -2.46. The molecule has 0 spiro atoms. The van der Waals surface area contributed by atoms with Gasteiger partial charge < -0.3 is 15.7 Å². The lowest BCUT2D eigenvalue weighted by molar-refractivity contribution is -0.138. The maximum atomic E-state index is 11.8. The fraction of sp³-hybridized carbons (Fsp3) is 0.636. The first-order valence-electron chi connectivity index (χ1n) is 6.27. The normalized spacial score (nSPS) is 19.1. The van der Waals surface area contributed by atoms with E-state index in [0.717, 1.165) is 25.8 Å². The highest BCUT2D eigenvalue weighted by Gasteiger charge is 2.20. The maximum Gasteiger partial charge on any atom is 0.325 e. The third-order valence-corrected chi connectivity index (χ3v) is 2.95. The highest BCUT2D eigenvalue weighted by atomic mass is 16.4. The number of aromatic nitrogens is 3. The Hall–Kier alpha value is -1.96. The minimum atomic E-state index is -0.980. The Morgan fingerprint density at radius 1 is 1.53 bits per heavy atom. The highest BCUT2D eigenvalue weighted by Crippen LogP contribution is 2.06. The second-order valence-electron chi connectivity index (χ2n) is 4.52. The molecule has 104 valence electrons. The van der Waals surface area contributed by atoms with E-state index in [-0.39, 0.29) is 25.0 Å². The summed E-state index contributed by atoms with van der Waals surface area (Å²) < 4.78 is 1.22. The molecular weight excluding hydrogens is 250 g/mol. The summed E-state index contributed by atoms with van der Waals surface area (Å²) in [6, 6.07) is -0.136. The third kappa shape index (κ3) is 4.02. The molecule has 1 aromatic heterocycles. The summed E-state index contributed by atoms with van der Waals surface area (Å²) in [4.78, 5) is 22.3. The number of piperidine rings is 1. The van der Waals surface area contributed by atoms with Crippen LogP contribution in [0.3, 0.4) is 0 Å². The predicted molar refractivity (Wildman–Crippen MR) is 65.1 cm³/mol. The lowest BCUT2D eigenvalue weighted by atomic mass is 10.0. The molecule has 1 amide bonds. The van der Waals surface area contributed by atoms with Crippen LogP contribution in [0, 0.1) is 0 Å². The molecule has 0 aromatic carbocycles. The fourth-order valence-electron chi connectivity index (χ4n) is 2.01. The van der Waals surface area contributed by atoms with Crippen molar-refractivity contribution in [1.82, 2.24) is 25.6 Å². The van der Waals surface area contributed by atoms with Gasteiger partial charge >= 0.3 is 5.97 Å². The van der Waals surface area contributed by atoms with Gasteiger partial charge in [0.15, 0.2) is 0 Å². The van der Waals surface area contributed by atoms with Gasteiger partial charge in [-0.15, -0.1) is 5.10 Å². The monoisotopic (exact) mass is 267 g/mol. The Bertz CT molecular complexity index is 453. The quantitative estimate of drug-likeness (QED) is 0.639. The van der Waals surface area contributed by atoms with Gasteiger partial charge in [-0.3, -0.25) is 9.59 Å². The Morgan fingerprint density at radius 2 is 2.37 bits per heavy atom. The summed E-state index contributed by atoms with van der Waals surface area (Å²) in [6.07, 6.45) is 4.52. The zero-order valence-electron chi connectivity index (χ0n) is 10.5. The predicted octanol–water partition coefficient (Wildman–Crippen LogP) is -0.879. The fourth-order valence-corrected chi connectivity index (χ4v) is 2.01. The van der Waals surface area contributed by atoms with E-state index in [0.29, 0.717) is 5.69 Å². The van der Waals surface area contributed by atoms with Crippen molar-refractivity contribution in [3.05, 3.63) is 11.9 Å². The number of nitrogens with zero attached hydrogens (tertiary/aromatic N) is 3. The molecule has 0 saturated carbocycles. The van der Waals surface area contributed by atoms with Crippen molar-refractivity contribution in [3.63, 3.8) is 0 Å². The summed E-state index contributed by atoms with van der Waals surface area (Å²) in [5.41, 5.74) is 0.547. The Kier molecular flexibility index (Phi) is 4.45. The molecule has 3 N–H and O–H groups in total. The van der Waals surface area contributed by atoms with Gasteiger partial charge in [-0.05, 0) is 19.4 Å². The first-order chi connectivity index (χ1) is 9.15. The smallest absolute Gasteiger partial charge is 0.325 e. The molecule has 1 aliphatic heterocycles. The Balaban J connectivity index is 1.79. The molecule has 1 atom stereocenters. The first-order valence-corrected chi connectivity index (χ1v) is 6.27. The van der Waals surface area contributed by atoms with Crippen LogP contribution < -0.4 is 10.6 Å². The Morgan fingerprint density at radius 3 is 3.05 bits per heavy atom. The van der Waals surface area contributed by atoms with Crippen LogP contribution in [0.15, 0.2) is 6.20 Å². The van der Waals surface area contributed by atoms with Gasteiger partial charge in [0.05, 0.1) is 18.8 Å². The summed E-state index contributed by atoms with van der Waals surface area (Å²) in [5, 5.41) is 22.0. The number of hydrogen-bond donors (Lipinski definition) is 3. The van der Waals surface area contributed by atoms with E-state index in [2.05, 4.69) is 20.9 Å². The number of rotatable bonds is 5. The van der Waals surface area contributed by atoms with E-state index >= 15 is 0 Å². The van der Waals surface area contributed by atoms with Gasteiger partial charge in [-0.2, -0.15) is 0 Å². The average Bonchev–Trinajstić information content (AvgIpc) is 2.84. The second kappa shape index (κ2) is 6.28. The minimum absolute atomic E-state index is 0.0486. The second-order valence-corrected chi connectivity index (χ2v) is 4.52. The van der Waals surface area contributed by atoms with Gasteiger partial charge in [-0.25, -0.2) is 4.68 Å². The largest absolute Gasteiger partial charge is 0.480 e. The third-order valence-electron chi connectivity index (χ3n) is 2.95. The van der Waals surface area contributed by atoms with Crippen molar-refractivity contribution in [2.24, 2.45) is 0 Å². The van der Waals surface area contributed by atoms with Crippen LogP contribution in [0.2, 0.25) is 0 Å². The molecule has 0 aliphatic carbocycles. The number of carbonyl (C=O) groups is 2. The van der Waals surface area contributed by atoms with Crippen LogP contribution in [-0.4, -0.2) is 44.6 Å². The standard InChI is InChI=1S/C11H17N5O3/c17-10(18)7-16-6-8(14-15-16)5-13-11(19)9-3-1-2-4-12-9/h6,9,12H,1-5,7H2,(H,13,19)(H,17,18). The molecule has 1 aromatic rings. The summed E-state index contributed by atoms with van der Waals surface area (Å²) in [6.45, 7) is 0.897. The molecule has 0 bridgehead atoms. The minimum Gasteiger partial charge on any atom is -0.480 e. The SMILES string of the molecule is O=C(O)Cn1cc(CNC(=O)C2CCCCN2)nn1. The summed E-state index contributed by atoms with van der Waals surface area (Å²) >= 11 is 0. The van der Waals surface area contributed by atoms with Crippen molar-refractivity contribution >= 4 is 11.9 Å². The number of carboxylic acids is 1. The van der Waals surface area contributed by atoms with Crippen LogP contribution in [0.5, 0.6) is 0 Å². The molecule has 1 saturated heterocycles. The molecule has 1 unspecified atom stereocenters. The molecule has 1 fully saturated rings. The molecule has 8 nitrogen and oxygen atoms in total. The van der Waals surface area contributed by atoms with Crippen LogP contribution in [0.1, 0.15) is 25.0 Å². The van der Waals surface area contributed by atoms with Gasteiger partial charge in [0, 0.05) is 0 Å². The van der Waals surface area contributed by atoms with Gasteiger partial charge in [0.2, 0.25) is 5.91 Å². The van der Waals surface area contributed by atoms with Crippen LogP contribution >= 0.6 is 0 Å².